The van der Waals surface area contributed by atoms with E-state index in [1.165, 1.54) is 4.57 Å². The van der Waals surface area contributed by atoms with Crippen LogP contribution in [-0.2, 0) is 7.05 Å². The second-order valence-corrected chi connectivity index (χ2v) is 6.10. The second-order valence-electron chi connectivity index (χ2n) is 6.10. The highest BCUT2D eigenvalue weighted by Gasteiger charge is 2.21. The minimum absolute atomic E-state index is 0.0290. The van der Waals surface area contributed by atoms with Crippen molar-refractivity contribution in [1.29, 1.82) is 0 Å². The van der Waals surface area contributed by atoms with Crippen LogP contribution in [0.25, 0.3) is 10.9 Å². The van der Waals surface area contributed by atoms with E-state index in [1.54, 1.807) is 30.4 Å². The number of pyridine rings is 1. The van der Waals surface area contributed by atoms with E-state index in [2.05, 4.69) is 10.3 Å². The molecule has 0 saturated carbocycles. The molecule has 6 nitrogen and oxygen atoms in total. The van der Waals surface area contributed by atoms with Gasteiger partial charge in [0.25, 0.3) is 11.5 Å². The van der Waals surface area contributed by atoms with Crippen molar-refractivity contribution in [3.63, 3.8) is 0 Å². The lowest BCUT2D eigenvalue weighted by molar-refractivity contribution is 0.0764. The first-order valence-corrected chi connectivity index (χ1v) is 7.71. The summed E-state index contributed by atoms with van der Waals surface area (Å²) in [5.74, 6) is 0.517. The summed E-state index contributed by atoms with van der Waals surface area (Å²) in [6.07, 6.45) is 5.55. The second kappa shape index (κ2) is 5.96. The van der Waals surface area contributed by atoms with Crippen LogP contribution in [0.4, 0.5) is 0 Å². The van der Waals surface area contributed by atoms with Crippen LogP contribution >= 0.6 is 0 Å². The fraction of sp³-hybridized carbons (Fsp3) is 0.500. The Morgan fingerprint density at radius 2 is 2.14 bits per heavy atom. The number of hydrogen-bond donors (Lipinski definition) is 2. The first-order chi connectivity index (χ1) is 10.6. The molecule has 118 valence electrons. The Bertz CT molecular complexity index is 740. The molecule has 1 fully saturated rings. The van der Waals surface area contributed by atoms with Crippen molar-refractivity contribution in [2.75, 3.05) is 26.7 Å². The molecule has 1 aliphatic heterocycles. The van der Waals surface area contributed by atoms with Gasteiger partial charge in [0.2, 0.25) is 0 Å². The summed E-state index contributed by atoms with van der Waals surface area (Å²) in [5, 5.41) is 4.04. The van der Waals surface area contributed by atoms with E-state index in [9.17, 15) is 9.59 Å². The van der Waals surface area contributed by atoms with Gasteiger partial charge in [-0.1, -0.05) is 0 Å². The lowest BCUT2D eigenvalue weighted by Gasteiger charge is -2.27. The molecule has 0 aromatic carbocycles. The van der Waals surface area contributed by atoms with Crippen molar-refractivity contribution >= 4 is 16.8 Å². The van der Waals surface area contributed by atoms with Crippen LogP contribution in [0.5, 0.6) is 0 Å². The molecule has 3 heterocycles. The van der Waals surface area contributed by atoms with Gasteiger partial charge in [0.1, 0.15) is 5.52 Å². The van der Waals surface area contributed by atoms with Gasteiger partial charge in [-0.25, -0.2) is 0 Å². The molecule has 2 aromatic heterocycles. The Morgan fingerprint density at radius 1 is 1.41 bits per heavy atom. The van der Waals surface area contributed by atoms with Gasteiger partial charge >= 0.3 is 0 Å². The van der Waals surface area contributed by atoms with Gasteiger partial charge < -0.3 is 19.8 Å². The summed E-state index contributed by atoms with van der Waals surface area (Å²) in [5.41, 5.74) is 0.955. The molecule has 1 saturated heterocycles. The number of fused-ring (bicyclic) bond motifs is 1. The molecule has 6 heteroatoms. The van der Waals surface area contributed by atoms with Crippen LogP contribution in [0.3, 0.4) is 0 Å². The predicted octanol–water partition coefficient (Wildman–Crippen LogP) is 0.938. The molecule has 0 unspecified atom stereocenters. The monoisotopic (exact) mass is 302 g/mol. The van der Waals surface area contributed by atoms with Crippen molar-refractivity contribution in [2.45, 2.75) is 12.8 Å². The summed E-state index contributed by atoms with van der Waals surface area (Å²) in [6, 6.07) is 1.79. The van der Waals surface area contributed by atoms with Crippen LogP contribution in [0.1, 0.15) is 23.2 Å². The number of carbonyl (C=O) groups excluding carboxylic acids is 1. The van der Waals surface area contributed by atoms with Crippen molar-refractivity contribution in [2.24, 2.45) is 13.0 Å². The topological polar surface area (TPSA) is 70.1 Å². The highest BCUT2D eigenvalue weighted by atomic mass is 16.2. The molecule has 0 bridgehead atoms. The lowest BCUT2D eigenvalue weighted by atomic mass is 9.97. The third-order valence-electron chi connectivity index (χ3n) is 4.46. The number of aryl methyl sites for hydroxylation is 1. The third-order valence-corrected chi connectivity index (χ3v) is 4.46. The standard InChI is InChI=1S/C16H22N4O2/c1-19(9-11-3-6-17-7-4-11)15(21)13-10-20(2)16(22)14-12(13)5-8-18-14/h5,8,10-11,17-18H,3-4,6-7,9H2,1-2H3. The summed E-state index contributed by atoms with van der Waals surface area (Å²) >= 11 is 0. The molecule has 0 atom stereocenters. The van der Waals surface area contributed by atoms with Crippen LogP contribution in [-0.4, -0.2) is 47.0 Å². The molecule has 3 rings (SSSR count). The van der Waals surface area contributed by atoms with Crippen molar-refractivity contribution in [1.82, 2.24) is 19.8 Å². The minimum Gasteiger partial charge on any atom is -0.357 e. The number of hydrogen-bond acceptors (Lipinski definition) is 3. The molecule has 2 aromatic rings. The Labute approximate surface area is 129 Å². The van der Waals surface area contributed by atoms with Gasteiger partial charge in [0.15, 0.2) is 0 Å². The fourth-order valence-corrected chi connectivity index (χ4v) is 3.18. The maximum Gasteiger partial charge on any atom is 0.274 e. The molecular weight excluding hydrogens is 280 g/mol. The van der Waals surface area contributed by atoms with E-state index in [1.807, 2.05) is 7.05 Å². The average Bonchev–Trinajstić information content (AvgIpc) is 3.01. The fourth-order valence-electron chi connectivity index (χ4n) is 3.18. The Kier molecular flexibility index (Phi) is 4.02. The van der Waals surface area contributed by atoms with Gasteiger partial charge in [0, 0.05) is 38.4 Å². The number of aromatic nitrogens is 2. The summed E-state index contributed by atoms with van der Waals surface area (Å²) < 4.78 is 1.46. The maximum atomic E-state index is 12.8. The molecule has 22 heavy (non-hydrogen) atoms. The van der Waals surface area contributed by atoms with Gasteiger partial charge in [-0.2, -0.15) is 0 Å². The normalized spacial score (nSPS) is 16.1. The molecule has 2 N–H and O–H groups in total. The molecule has 0 aliphatic carbocycles. The number of nitrogens with one attached hydrogen (secondary N) is 2. The van der Waals surface area contributed by atoms with Crippen LogP contribution in [0.2, 0.25) is 0 Å². The Balaban J connectivity index is 1.86. The number of aromatic amines is 1. The number of H-pyrrole nitrogens is 1. The zero-order chi connectivity index (χ0) is 15.7. The smallest absolute Gasteiger partial charge is 0.274 e. The van der Waals surface area contributed by atoms with Gasteiger partial charge in [-0.3, -0.25) is 9.59 Å². The van der Waals surface area contributed by atoms with E-state index < -0.39 is 0 Å². The molecule has 1 amide bonds. The molecule has 0 radical (unpaired) electrons. The van der Waals surface area contributed by atoms with Crippen LogP contribution in [0, 0.1) is 5.92 Å². The van der Waals surface area contributed by atoms with E-state index in [4.69, 9.17) is 0 Å². The van der Waals surface area contributed by atoms with Gasteiger partial charge in [-0.15, -0.1) is 0 Å². The first kappa shape index (κ1) is 14.8. The molecule has 0 spiro atoms. The SMILES string of the molecule is CN(CC1CCNCC1)C(=O)c1cn(C)c(=O)c2[nH]ccc12. The quantitative estimate of drug-likeness (QED) is 0.886. The third kappa shape index (κ3) is 2.66. The lowest BCUT2D eigenvalue weighted by Crippen LogP contribution is -2.37. The number of carbonyl (C=O) groups is 1. The molecule has 1 aliphatic rings. The van der Waals surface area contributed by atoms with Gasteiger partial charge in [-0.05, 0) is 37.9 Å². The zero-order valence-corrected chi connectivity index (χ0v) is 13.1. The van der Waals surface area contributed by atoms with Crippen molar-refractivity contribution in [3.8, 4) is 0 Å². The first-order valence-electron chi connectivity index (χ1n) is 7.71. The van der Waals surface area contributed by atoms with Crippen LogP contribution in [0.15, 0.2) is 23.3 Å². The van der Waals surface area contributed by atoms with E-state index in [0.717, 1.165) is 32.5 Å². The number of amides is 1. The summed E-state index contributed by atoms with van der Waals surface area (Å²) in [6.45, 7) is 2.80. The highest BCUT2D eigenvalue weighted by molar-refractivity contribution is 6.05. The number of nitrogens with zero attached hydrogens (tertiary/aromatic N) is 2. The summed E-state index contributed by atoms with van der Waals surface area (Å²) in [7, 11) is 3.51. The van der Waals surface area contributed by atoms with E-state index >= 15 is 0 Å². The zero-order valence-electron chi connectivity index (χ0n) is 13.1. The van der Waals surface area contributed by atoms with Crippen LogP contribution < -0.4 is 10.9 Å². The number of piperidine rings is 1. The maximum absolute atomic E-state index is 12.8. The van der Waals surface area contributed by atoms with Crippen molar-refractivity contribution in [3.05, 3.63) is 34.4 Å². The largest absolute Gasteiger partial charge is 0.357 e. The number of rotatable bonds is 3. The van der Waals surface area contributed by atoms with E-state index in [-0.39, 0.29) is 11.5 Å². The summed E-state index contributed by atoms with van der Waals surface area (Å²) in [4.78, 5) is 29.5. The predicted molar refractivity (Wildman–Crippen MR) is 86.1 cm³/mol. The Hall–Kier alpha value is -2.08. The van der Waals surface area contributed by atoms with Gasteiger partial charge in [0.05, 0.1) is 5.56 Å². The Morgan fingerprint density at radius 3 is 2.86 bits per heavy atom. The van der Waals surface area contributed by atoms with Crippen molar-refractivity contribution < 1.29 is 4.79 Å². The highest BCUT2D eigenvalue weighted by Crippen LogP contribution is 2.18. The molecular formula is C16H22N4O2. The average molecular weight is 302 g/mol. The minimum atomic E-state index is -0.113. The van der Waals surface area contributed by atoms with E-state index in [0.29, 0.717) is 22.4 Å².